The average molecular weight is 180 g/mol. The minimum Gasteiger partial charge on any atom is -0.303 e. The number of hydrogen-bond acceptors (Lipinski definition) is 1. The molecule has 1 aliphatic carbocycles. The van der Waals surface area contributed by atoms with Crippen molar-refractivity contribution in [3.8, 4) is 0 Å². The number of allylic oxidation sites excluding steroid dienone is 2. The monoisotopic (exact) mass is 180 g/mol. The van der Waals surface area contributed by atoms with Crippen LogP contribution in [0.15, 0.2) is 11.6 Å². The van der Waals surface area contributed by atoms with Gasteiger partial charge < -0.3 is 4.79 Å². The molecule has 0 fully saturated rings. The second-order valence-corrected chi connectivity index (χ2v) is 4.95. The molecule has 1 aliphatic rings. The smallest absolute Gasteiger partial charge is 0.126 e. The summed E-state index contributed by atoms with van der Waals surface area (Å²) in [4.78, 5) is 10.9. The largest absolute Gasteiger partial charge is 0.303 e. The third-order valence-corrected chi connectivity index (χ3v) is 2.73. The van der Waals surface area contributed by atoms with Gasteiger partial charge in [0.25, 0.3) is 0 Å². The molecule has 0 aliphatic heterocycles. The molecular formula is C12H20O. The highest BCUT2D eigenvalue weighted by atomic mass is 16.1. The second kappa shape index (κ2) is 4.08. The summed E-state index contributed by atoms with van der Waals surface area (Å²) in [5.41, 5.74) is 1.41. The Labute approximate surface area is 81.2 Å². The first-order chi connectivity index (χ1) is 6.06. The van der Waals surface area contributed by atoms with E-state index >= 15 is 0 Å². The summed E-state index contributed by atoms with van der Waals surface area (Å²) in [7, 11) is 0. The summed E-state index contributed by atoms with van der Waals surface area (Å²) in [6.07, 6.45) is 7.71. The van der Waals surface area contributed by atoms with Crippen molar-refractivity contribution in [3.05, 3.63) is 11.6 Å². The summed E-state index contributed by atoms with van der Waals surface area (Å²) in [6, 6.07) is 0. The van der Waals surface area contributed by atoms with Gasteiger partial charge in [-0.05, 0) is 31.6 Å². The van der Waals surface area contributed by atoms with E-state index in [9.17, 15) is 4.79 Å². The summed E-state index contributed by atoms with van der Waals surface area (Å²) >= 11 is 0. The lowest BCUT2D eigenvalue weighted by Gasteiger charge is -2.28. The topological polar surface area (TPSA) is 17.1 Å². The van der Waals surface area contributed by atoms with Crippen LogP contribution in [0.1, 0.15) is 46.5 Å². The van der Waals surface area contributed by atoms with Gasteiger partial charge in [-0.15, -0.1) is 0 Å². The third kappa shape index (κ3) is 2.98. The lowest BCUT2D eigenvalue weighted by molar-refractivity contribution is -0.115. The molecule has 0 heterocycles. The van der Waals surface area contributed by atoms with E-state index in [0.717, 1.165) is 32.0 Å². The Morgan fingerprint density at radius 3 is 2.85 bits per heavy atom. The molecule has 1 unspecified atom stereocenters. The van der Waals surface area contributed by atoms with Crippen molar-refractivity contribution >= 4 is 6.29 Å². The maximum atomic E-state index is 10.9. The fourth-order valence-corrected chi connectivity index (χ4v) is 2.07. The Morgan fingerprint density at radius 1 is 1.62 bits per heavy atom. The normalized spacial score (nSPS) is 28.8. The van der Waals surface area contributed by atoms with Crippen molar-refractivity contribution in [1.29, 1.82) is 0 Å². The number of carbonyl (C=O) groups is 1. The van der Waals surface area contributed by atoms with Gasteiger partial charge in [-0.25, -0.2) is 0 Å². The summed E-state index contributed by atoms with van der Waals surface area (Å²) in [5.74, 6) is 0.709. The molecule has 0 aromatic rings. The van der Waals surface area contributed by atoms with Crippen LogP contribution < -0.4 is 0 Å². The third-order valence-electron chi connectivity index (χ3n) is 2.73. The van der Waals surface area contributed by atoms with E-state index in [1.807, 2.05) is 0 Å². The molecular weight excluding hydrogens is 160 g/mol. The molecule has 0 aromatic heterocycles. The van der Waals surface area contributed by atoms with Crippen molar-refractivity contribution in [1.82, 2.24) is 0 Å². The van der Waals surface area contributed by atoms with Crippen LogP contribution in [-0.2, 0) is 4.79 Å². The Balaban J connectivity index is 2.59. The minimum atomic E-state index is -0.0705. The molecule has 1 atom stereocenters. The predicted molar refractivity (Wildman–Crippen MR) is 55.6 cm³/mol. The van der Waals surface area contributed by atoms with E-state index in [-0.39, 0.29) is 5.41 Å². The van der Waals surface area contributed by atoms with Gasteiger partial charge in [0.05, 0.1) is 0 Å². The molecule has 0 bridgehead atoms. The van der Waals surface area contributed by atoms with Gasteiger partial charge in [0, 0.05) is 5.41 Å². The highest BCUT2D eigenvalue weighted by Gasteiger charge is 2.27. The Hall–Kier alpha value is -0.590. The van der Waals surface area contributed by atoms with Crippen LogP contribution in [0, 0.1) is 11.3 Å². The molecule has 1 nitrogen and oxygen atoms in total. The molecule has 1 heteroatoms. The Bertz CT molecular complexity index is 215. The van der Waals surface area contributed by atoms with Gasteiger partial charge in [0.1, 0.15) is 6.29 Å². The van der Waals surface area contributed by atoms with Gasteiger partial charge in [0.15, 0.2) is 0 Å². The second-order valence-electron chi connectivity index (χ2n) is 4.95. The van der Waals surface area contributed by atoms with Gasteiger partial charge in [-0.1, -0.05) is 32.4 Å². The van der Waals surface area contributed by atoms with Gasteiger partial charge in [-0.2, -0.15) is 0 Å². The zero-order valence-corrected chi connectivity index (χ0v) is 8.97. The summed E-state index contributed by atoms with van der Waals surface area (Å²) < 4.78 is 0. The number of carbonyl (C=O) groups excluding carboxylic acids is 1. The molecule has 0 spiro atoms. The van der Waals surface area contributed by atoms with Crippen molar-refractivity contribution in [2.24, 2.45) is 11.3 Å². The zero-order chi connectivity index (χ0) is 9.90. The Kier molecular flexibility index (Phi) is 3.29. The first-order valence-corrected chi connectivity index (χ1v) is 5.20. The lowest BCUT2D eigenvalue weighted by Crippen LogP contribution is -2.22. The molecule has 0 aromatic carbocycles. The van der Waals surface area contributed by atoms with Crippen LogP contribution in [-0.4, -0.2) is 6.29 Å². The van der Waals surface area contributed by atoms with Crippen molar-refractivity contribution in [2.75, 3.05) is 0 Å². The quantitative estimate of drug-likeness (QED) is 0.481. The fraction of sp³-hybridized carbons (Fsp3) is 0.750. The zero-order valence-electron chi connectivity index (χ0n) is 8.97. The first kappa shape index (κ1) is 10.5. The van der Waals surface area contributed by atoms with Crippen LogP contribution >= 0.6 is 0 Å². The summed E-state index contributed by atoms with van der Waals surface area (Å²) in [6.45, 7) is 6.54. The summed E-state index contributed by atoms with van der Waals surface area (Å²) in [5, 5.41) is 0. The maximum Gasteiger partial charge on any atom is 0.126 e. The molecule has 1 rings (SSSR count). The first-order valence-electron chi connectivity index (χ1n) is 5.20. The number of aldehydes is 1. The molecule has 0 N–H and O–H groups in total. The molecule has 0 amide bonds. The SMILES string of the molecule is CC(C)CC1=CCCC(C)(C=O)C1. The molecule has 74 valence electrons. The predicted octanol–water partition coefficient (Wildman–Crippen LogP) is 3.35. The van der Waals surface area contributed by atoms with E-state index in [1.54, 1.807) is 0 Å². The standard InChI is InChI=1S/C12H20O/c1-10(2)7-11-5-4-6-12(3,8-11)9-13/h5,9-10H,4,6-8H2,1-3H3. The van der Waals surface area contributed by atoms with Crippen LogP contribution in [0.25, 0.3) is 0 Å². The van der Waals surface area contributed by atoms with Crippen LogP contribution in [0.3, 0.4) is 0 Å². The maximum absolute atomic E-state index is 10.9. The highest BCUT2D eigenvalue weighted by Crippen LogP contribution is 2.36. The molecule has 0 saturated carbocycles. The van der Waals surface area contributed by atoms with Gasteiger partial charge in [-0.3, -0.25) is 0 Å². The van der Waals surface area contributed by atoms with Gasteiger partial charge >= 0.3 is 0 Å². The van der Waals surface area contributed by atoms with Crippen LogP contribution in [0.2, 0.25) is 0 Å². The molecule has 13 heavy (non-hydrogen) atoms. The number of rotatable bonds is 3. The number of hydrogen-bond donors (Lipinski definition) is 0. The van der Waals surface area contributed by atoms with Crippen LogP contribution in [0.5, 0.6) is 0 Å². The minimum absolute atomic E-state index is 0.0705. The average Bonchev–Trinajstić information content (AvgIpc) is 2.03. The van der Waals surface area contributed by atoms with Gasteiger partial charge in [0.2, 0.25) is 0 Å². The Morgan fingerprint density at radius 2 is 2.31 bits per heavy atom. The van der Waals surface area contributed by atoms with Crippen LogP contribution in [0.4, 0.5) is 0 Å². The van der Waals surface area contributed by atoms with Crippen molar-refractivity contribution < 1.29 is 4.79 Å². The molecule has 0 saturated heterocycles. The van der Waals surface area contributed by atoms with E-state index in [4.69, 9.17) is 0 Å². The fourth-order valence-electron chi connectivity index (χ4n) is 2.07. The van der Waals surface area contributed by atoms with E-state index in [2.05, 4.69) is 26.8 Å². The van der Waals surface area contributed by atoms with E-state index in [0.29, 0.717) is 5.92 Å². The highest BCUT2D eigenvalue weighted by molar-refractivity contribution is 5.60. The van der Waals surface area contributed by atoms with E-state index < -0.39 is 0 Å². The molecule has 0 radical (unpaired) electrons. The lowest BCUT2D eigenvalue weighted by atomic mass is 9.75. The van der Waals surface area contributed by atoms with E-state index in [1.165, 1.54) is 5.57 Å². The van der Waals surface area contributed by atoms with Crippen molar-refractivity contribution in [3.63, 3.8) is 0 Å². The van der Waals surface area contributed by atoms with Crippen molar-refractivity contribution in [2.45, 2.75) is 46.5 Å².